The second-order valence-electron chi connectivity index (χ2n) is 6.72. The quantitative estimate of drug-likeness (QED) is 0.373. The van der Waals surface area contributed by atoms with Crippen LogP contribution in [0.2, 0.25) is 5.15 Å². The lowest BCUT2D eigenvalue weighted by Gasteiger charge is -2.19. The van der Waals surface area contributed by atoms with Crippen LogP contribution in [0.15, 0.2) is 24.4 Å². The van der Waals surface area contributed by atoms with Crippen molar-refractivity contribution >= 4 is 34.5 Å². The molecule has 29 heavy (non-hydrogen) atoms. The molecular weight excluding hydrogens is 410 g/mol. The lowest BCUT2D eigenvalue weighted by atomic mass is 10.2. The first-order valence-corrected chi connectivity index (χ1v) is 10.9. The molecule has 1 aliphatic heterocycles. The van der Waals surface area contributed by atoms with Crippen LogP contribution in [0.5, 0.6) is 0 Å². The van der Waals surface area contributed by atoms with Gasteiger partial charge in [0, 0.05) is 18.4 Å². The lowest BCUT2D eigenvalue weighted by Crippen LogP contribution is -2.28. The molecule has 1 saturated heterocycles. The highest BCUT2D eigenvalue weighted by Gasteiger charge is 2.38. The third kappa shape index (κ3) is 3.96. The molecule has 4 heterocycles. The Bertz CT molecular complexity index is 1080. The van der Waals surface area contributed by atoms with Crippen molar-refractivity contribution in [2.75, 3.05) is 5.75 Å². The summed E-state index contributed by atoms with van der Waals surface area (Å²) in [4.78, 5) is 17.9. The standard InChI is InChI=1S/C20H20ClN5O2S/c1-2-3-4-5-9-14-23-17(21)15-19(24-14)26(20-16(28)13(27)11-29-20)18(25-15)12-8-6-7-10-22-12/h6-8,10,13,16,20,27-28H,2-4,11H2,1H3/t13-,16-,20-/m1/s1. The molecule has 1 fully saturated rings. The van der Waals surface area contributed by atoms with Gasteiger partial charge in [0.15, 0.2) is 16.6 Å². The molecule has 0 saturated carbocycles. The smallest absolute Gasteiger partial charge is 0.208 e. The van der Waals surface area contributed by atoms with Crippen LogP contribution in [0.1, 0.15) is 37.4 Å². The van der Waals surface area contributed by atoms with Crippen LogP contribution in [0.4, 0.5) is 0 Å². The van der Waals surface area contributed by atoms with Crippen molar-refractivity contribution in [3.63, 3.8) is 0 Å². The number of halogens is 1. The van der Waals surface area contributed by atoms with Gasteiger partial charge >= 0.3 is 0 Å². The van der Waals surface area contributed by atoms with Crippen LogP contribution < -0.4 is 0 Å². The van der Waals surface area contributed by atoms with E-state index in [0.29, 0.717) is 34.3 Å². The van der Waals surface area contributed by atoms with Gasteiger partial charge in [-0.2, -0.15) is 0 Å². The minimum absolute atomic E-state index is 0.198. The van der Waals surface area contributed by atoms with Crippen molar-refractivity contribution < 1.29 is 10.2 Å². The Balaban J connectivity index is 1.89. The average molecular weight is 430 g/mol. The first-order chi connectivity index (χ1) is 14.1. The molecule has 7 nitrogen and oxygen atoms in total. The number of unbranched alkanes of at least 4 members (excludes halogenated alkanes) is 2. The monoisotopic (exact) mass is 429 g/mol. The summed E-state index contributed by atoms with van der Waals surface area (Å²) in [5, 5.41) is 20.4. The number of rotatable bonds is 4. The number of hydrogen-bond acceptors (Lipinski definition) is 7. The SMILES string of the molecule is CCCCC#Cc1nc(Cl)c2nc(-c3ccccn3)n([C@@H]3SC[C@@H](O)[C@H]3O)c2n1. The molecule has 0 bridgehead atoms. The van der Waals surface area contributed by atoms with Gasteiger partial charge in [0.2, 0.25) is 5.82 Å². The summed E-state index contributed by atoms with van der Waals surface area (Å²) in [6.45, 7) is 2.11. The average Bonchev–Trinajstić information content (AvgIpc) is 3.26. The zero-order valence-electron chi connectivity index (χ0n) is 15.8. The van der Waals surface area contributed by atoms with E-state index < -0.39 is 17.6 Å². The maximum absolute atomic E-state index is 10.6. The van der Waals surface area contributed by atoms with Crippen LogP contribution in [0, 0.1) is 11.8 Å². The summed E-state index contributed by atoms with van der Waals surface area (Å²) in [5.74, 6) is 7.27. The molecule has 0 spiro atoms. The van der Waals surface area contributed by atoms with Crippen LogP contribution in [-0.2, 0) is 0 Å². The molecule has 4 rings (SSSR count). The van der Waals surface area contributed by atoms with Crippen molar-refractivity contribution in [1.29, 1.82) is 0 Å². The van der Waals surface area contributed by atoms with Gasteiger partial charge < -0.3 is 10.2 Å². The third-order valence-electron chi connectivity index (χ3n) is 4.63. The molecular formula is C20H20ClN5O2S. The Hall–Kier alpha value is -2.18. The second kappa shape index (κ2) is 8.67. The number of pyridine rings is 1. The lowest BCUT2D eigenvalue weighted by molar-refractivity contribution is 0.0316. The molecule has 150 valence electrons. The van der Waals surface area contributed by atoms with Crippen molar-refractivity contribution in [2.45, 2.75) is 43.8 Å². The number of aliphatic hydroxyl groups excluding tert-OH is 2. The predicted octanol–water partition coefficient (Wildman–Crippen LogP) is 3.05. The van der Waals surface area contributed by atoms with Crippen LogP contribution in [0.3, 0.4) is 0 Å². The summed E-state index contributed by atoms with van der Waals surface area (Å²) in [6.07, 6.45) is 2.71. The van der Waals surface area contributed by atoms with Gasteiger partial charge in [-0.25, -0.2) is 15.0 Å². The highest BCUT2D eigenvalue weighted by molar-refractivity contribution is 7.99. The van der Waals surface area contributed by atoms with Crippen molar-refractivity contribution in [3.05, 3.63) is 35.4 Å². The second-order valence-corrected chi connectivity index (χ2v) is 8.23. The summed E-state index contributed by atoms with van der Waals surface area (Å²) < 4.78 is 1.79. The normalized spacial score (nSPS) is 21.3. The molecule has 9 heteroatoms. The Morgan fingerprint density at radius 3 is 2.83 bits per heavy atom. The molecule has 0 aliphatic carbocycles. The van der Waals surface area contributed by atoms with E-state index in [-0.39, 0.29) is 5.15 Å². The topological polar surface area (TPSA) is 97.0 Å². The minimum Gasteiger partial charge on any atom is -0.389 e. The van der Waals surface area contributed by atoms with Crippen molar-refractivity contribution in [1.82, 2.24) is 24.5 Å². The number of fused-ring (bicyclic) bond motifs is 1. The zero-order chi connectivity index (χ0) is 20.4. The Kier molecular flexibility index (Phi) is 6.01. The largest absolute Gasteiger partial charge is 0.389 e. The van der Waals surface area contributed by atoms with Gasteiger partial charge in [-0.1, -0.05) is 36.9 Å². The summed E-state index contributed by atoms with van der Waals surface area (Å²) in [6, 6.07) is 5.50. The maximum atomic E-state index is 10.6. The predicted molar refractivity (Wildman–Crippen MR) is 113 cm³/mol. The zero-order valence-corrected chi connectivity index (χ0v) is 17.4. The molecule has 3 aromatic rings. The minimum atomic E-state index is -0.965. The van der Waals surface area contributed by atoms with Crippen LogP contribution in [0.25, 0.3) is 22.7 Å². The van der Waals surface area contributed by atoms with Crippen LogP contribution >= 0.6 is 23.4 Å². The Morgan fingerprint density at radius 1 is 1.28 bits per heavy atom. The molecule has 0 radical (unpaired) electrons. The first-order valence-electron chi connectivity index (χ1n) is 9.43. The molecule has 0 amide bonds. The first kappa shape index (κ1) is 20.1. The summed E-state index contributed by atoms with van der Waals surface area (Å²) in [5.41, 5.74) is 1.50. The molecule has 3 aromatic heterocycles. The van der Waals surface area contributed by atoms with E-state index in [1.807, 2.05) is 18.2 Å². The van der Waals surface area contributed by atoms with E-state index >= 15 is 0 Å². The Morgan fingerprint density at radius 2 is 2.14 bits per heavy atom. The van der Waals surface area contributed by atoms with E-state index in [2.05, 4.69) is 38.7 Å². The van der Waals surface area contributed by atoms with Crippen LogP contribution in [-0.4, -0.2) is 52.7 Å². The molecule has 2 N–H and O–H groups in total. The summed E-state index contributed by atoms with van der Waals surface area (Å²) >= 11 is 7.84. The maximum Gasteiger partial charge on any atom is 0.208 e. The fraction of sp³-hybridized carbons (Fsp3) is 0.400. The molecule has 1 aliphatic rings. The molecule has 0 aromatic carbocycles. The number of aliphatic hydroxyl groups is 2. The van der Waals surface area contributed by atoms with Gasteiger partial charge in [0.05, 0.1) is 6.10 Å². The van der Waals surface area contributed by atoms with Crippen molar-refractivity contribution in [3.8, 4) is 23.4 Å². The summed E-state index contributed by atoms with van der Waals surface area (Å²) in [7, 11) is 0. The molecule has 3 atom stereocenters. The van der Waals surface area contributed by atoms with E-state index in [9.17, 15) is 10.2 Å². The van der Waals surface area contributed by atoms with E-state index in [4.69, 9.17) is 11.6 Å². The fourth-order valence-electron chi connectivity index (χ4n) is 3.13. The number of aromatic nitrogens is 5. The Labute approximate surface area is 177 Å². The van der Waals surface area contributed by atoms with Gasteiger partial charge in [-0.05, 0) is 24.5 Å². The van der Waals surface area contributed by atoms with E-state index in [1.165, 1.54) is 11.8 Å². The number of thioether (sulfide) groups is 1. The van der Waals surface area contributed by atoms with Gasteiger partial charge in [0.1, 0.15) is 22.7 Å². The number of nitrogens with zero attached hydrogens (tertiary/aromatic N) is 5. The molecule has 0 unspecified atom stereocenters. The van der Waals surface area contributed by atoms with Gasteiger partial charge in [-0.15, -0.1) is 11.8 Å². The van der Waals surface area contributed by atoms with Gasteiger partial charge in [0.25, 0.3) is 0 Å². The fourth-order valence-corrected chi connectivity index (χ4v) is 4.66. The van der Waals surface area contributed by atoms with Gasteiger partial charge in [-0.3, -0.25) is 9.55 Å². The van der Waals surface area contributed by atoms with E-state index in [0.717, 1.165) is 19.3 Å². The number of imidazole rings is 1. The highest BCUT2D eigenvalue weighted by Crippen LogP contribution is 2.41. The van der Waals surface area contributed by atoms with Crippen molar-refractivity contribution in [2.24, 2.45) is 0 Å². The van der Waals surface area contributed by atoms with E-state index in [1.54, 1.807) is 10.8 Å². The third-order valence-corrected chi connectivity index (χ3v) is 6.25. The number of hydrogen-bond donors (Lipinski definition) is 2. The highest BCUT2D eigenvalue weighted by atomic mass is 35.5.